The highest BCUT2D eigenvalue weighted by Gasteiger charge is 2.33. The minimum atomic E-state index is -0.630. The molecule has 6 nitrogen and oxygen atoms in total. The van der Waals surface area contributed by atoms with E-state index < -0.39 is 12.0 Å². The number of fused-ring (bicyclic) bond motifs is 1. The Bertz CT molecular complexity index is 1350. The maximum Gasteiger partial charge on any atom is 0.338 e. The molecule has 0 radical (unpaired) electrons. The normalized spacial score (nSPS) is 16.0. The summed E-state index contributed by atoms with van der Waals surface area (Å²) in [6, 6.07) is 14.6. The summed E-state index contributed by atoms with van der Waals surface area (Å²) in [4.78, 5) is 31.2. The van der Waals surface area contributed by atoms with Gasteiger partial charge in [0.05, 0.1) is 36.1 Å². The van der Waals surface area contributed by atoms with E-state index in [-0.39, 0.29) is 5.56 Å². The Kier molecular flexibility index (Phi) is 5.61. The van der Waals surface area contributed by atoms with Gasteiger partial charge in [-0.3, -0.25) is 9.36 Å². The summed E-state index contributed by atoms with van der Waals surface area (Å²) in [5, 5.41) is 0. The molecule has 3 aromatic rings. The van der Waals surface area contributed by atoms with Crippen LogP contribution in [0.15, 0.2) is 69.6 Å². The third kappa shape index (κ3) is 3.84. The number of nitrogens with zero attached hydrogens (tertiary/aromatic N) is 2. The summed E-state index contributed by atoms with van der Waals surface area (Å²) < 4.78 is 12.4. The SMILES string of the molecule is COC(=O)C1=C(C)N=c2s/c(=C\c3ccc(C)cc3)c(=O)n2[C@H]1c1ccc(OC)cc1. The fourth-order valence-electron chi connectivity index (χ4n) is 3.61. The van der Waals surface area contributed by atoms with Crippen molar-refractivity contribution in [1.29, 1.82) is 0 Å². The number of hydrogen-bond acceptors (Lipinski definition) is 6. The minimum Gasteiger partial charge on any atom is -0.497 e. The third-order valence-electron chi connectivity index (χ3n) is 5.23. The maximum absolute atomic E-state index is 13.4. The zero-order valence-corrected chi connectivity index (χ0v) is 18.5. The molecule has 0 aliphatic carbocycles. The second-order valence-corrected chi connectivity index (χ2v) is 8.27. The molecule has 0 fully saturated rings. The third-order valence-corrected chi connectivity index (χ3v) is 6.22. The monoisotopic (exact) mass is 434 g/mol. The quantitative estimate of drug-likeness (QED) is 0.592. The summed E-state index contributed by atoms with van der Waals surface area (Å²) in [6.45, 7) is 3.78. The summed E-state index contributed by atoms with van der Waals surface area (Å²) in [5.74, 6) is 0.186. The van der Waals surface area contributed by atoms with Gasteiger partial charge in [-0.25, -0.2) is 9.79 Å². The highest BCUT2D eigenvalue weighted by Crippen LogP contribution is 2.31. The van der Waals surface area contributed by atoms with E-state index in [0.29, 0.717) is 26.4 Å². The zero-order chi connectivity index (χ0) is 22.1. The van der Waals surface area contributed by atoms with Crippen LogP contribution < -0.4 is 19.6 Å². The van der Waals surface area contributed by atoms with E-state index in [4.69, 9.17) is 9.47 Å². The number of hydrogen-bond donors (Lipinski definition) is 0. The molecule has 0 bridgehead atoms. The molecule has 0 amide bonds. The second-order valence-electron chi connectivity index (χ2n) is 7.26. The Hall–Kier alpha value is -3.45. The van der Waals surface area contributed by atoms with Crippen LogP contribution in [0.5, 0.6) is 5.75 Å². The largest absolute Gasteiger partial charge is 0.497 e. The van der Waals surface area contributed by atoms with E-state index in [2.05, 4.69) is 4.99 Å². The number of thiazole rings is 1. The summed E-state index contributed by atoms with van der Waals surface area (Å²) in [5.41, 5.74) is 3.55. The zero-order valence-electron chi connectivity index (χ0n) is 17.7. The number of carbonyl (C=O) groups excluding carboxylic acids is 1. The molecule has 158 valence electrons. The van der Waals surface area contributed by atoms with Gasteiger partial charge < -0.3 is 9.47 Å². The molecule has 1 aromatic heterocycles. The molecular formula is C24H22N2O4S. The van der Waals surface area contributed by atoms with Crippen molar-refractivity contribution in [2.45, 2.75) is 19.9 Å². The van der Waals surface area contributed by atoms with Gasteiger partial charge in [0.15, 0.2) is 4.80 Å². The smallest absolute Gasteiger partial charge is 0.338 e. The fourth-order valence-corrected chi connectivity index (χ4v) is 4.65. The first-order valence-corrected chi connectivity index (χ1v) is 10.6. The number of ether oxygens (including phenoxy) is 2. The van der Waals surface area contributed by atoms with E-state index in [9.17, 15) is 9.59 Å². The molecule has 0 saturated heterocycles. The van der Waals surface area contributed by atoms with Crippen LogP contribution >= 0.6 is 11.3 Å². The van der Waals surface area contributed by atoms with Gasteiger partial charge in [0.25, 0.3) is 5.56 Å². The minimum absolute atomic E-state index is 0.195. The molecule has 2 aromatic carbocycles. The van der Waals surface area contributed by atoms with Crippen molar-refractivity contribution >= 4 is 23.4 Å². The van der Waals surface area contributed by atoms with Crippen molar-refractivity contribution in [1.82, 2.24) is 4.57 Å². The molecule has 2 heterocycles. The van der Waals surface area contributed by atoms with E-state index in [0.717, 1.165) is 16.7 Å². The molecule has 7 heteroatoms. The van der Waals surface area contributed by atoms with Gasteiger partial charge in [0.1, 0.15) is 5.75 Å². The van der Waals surface area contributed by atoms with Crippen LogP contribution in [-0.4, -0.2) is 24.8 Å². The van der Waals surface area contributed by atoms with Crippen molar-refractivity contribution in [3.8, 4) is 5.75 Å². The van der Waals surface area contributed by atoms with Crippen LogP contribution in [-0.2, 0) is 9.53 Å². The van der Waals surface area contributed by atoms with Gasteiger partial charge in [-0.05, 0) is 43.2 Å². The number of aryl methyl sites for hydroxylation is 1. The summed E-state index contributed by atoms with van der Waals surface area (Å²) in [7, 11) is 2.92. The molecule has 31 heavy (non-hydrogen) atoms. The Labute approximate surface area is 183 Å². The Morgan fingerprint density at radius 3 is 2.35 bits per heavy atom. The van der Waals surface area contributed by atoms with Crippen LogP contribution in [0.2, 0.25) is 0 Å². The topological polar surface area (TPSA) is 69.9 Å². The van der Waals surface area contributed by atoms with Gasteiger partial charge in [-0.15, -0.1) is 0 Å². The standard InChI is InChI=1S/C24H22N2O4S/c1-14-5-7-16(8-6-14)13-19-22(27)26-21(17-9-11-18(29-3)12-10-17)20(23(28)30-4)15(2)25-24(26)31-19/h5-13,21H,1-4H3/b19-13-/t21-/m0/s1. The van der Waals surface area contributed by atoms with Crippen molar-refractivity contribution in [3.63, 3.8) is 0 Å². The van der Waals surface area contributed by atoms with Crippen molar-refractivity contribution in [3.05, 3.63) is 96.2 Å². The van der Waals surface area contributed by atoms with Crippen LogP contribution in [0.1, 0.15) is 29.7 Å². The molecule has 0 N–H and O–H groups in total. The Balaban J connectivity index is 1.94. The number of carbonyl (C=O) groups is 1. The second kappa shape index (κ2) is 8.35. The lowest BCUT2D eigenvalue weighted by atomic mass is 9.96. The van der Waals surface area contributed by atoms with Gasteiger partial charge in [0.2, 0.25) is 0 Å². The molecular weight excluding hydrogens is 412 g/mol. The van der Waals surface area contributed by atoms with E-state index in [1.165, 1.54) is 18.4 Å². The van der Waals surface area contributed by atoms with Crippen molar-refractivity contribution in [2.75, 3.05) is 14.2 Å². The van der Waals surface area contributed by atoms with Crippen molar-refractivity contribution < 1.29 is 14.3 Å². The number of esters is 1. The summed E-state index contributed by atoms with van der Waals surface area (Å²) >= 11 is 1.31. The fraction of sp³-hybridized carbons (Fsp3) is 0.208. The molecule has 1 aliphatic rings. The van der Waals surface area contributed by atoms with Gasteiger partial charge in [-0.2, -0.15) is 0 Å². The number of methoxy groups -OCH3 is 2. The highest BCUT2D eigenvalue weighted by molar-refractivity contribution is 7.07. The number of allylic oxidation sites excluding steroid dienone is 1. The van der Waals surface area contributed by atoms with E-state index in [1.54, 1.807) is 18.6 Å². The van der Waals surface area contributed by atoms with Gasteiger partial charge >= 0.3 is 5.97 Å². The van der Waals surface area contributed by atoms with Crippen LogP contribution in [0.3, 0.4) is 0 Å². The predicted molar refractivity (Wildman–Crippen MR) is 120 cm³/mol. The lowest BCUT2D eigenvalue weighted by Crippen LogP contribution is -2.39. The predicted octanol–water partition coefficient (Wildman–Crippen LogP) is 2.73. The van der Waals surface area contributed by atoms with Crippen LogP contribution in [0, 0.1) is 6.92 Å². The molecule has 1 aliphatic heterocycles. The number of benzene rings is 2. The lowest BCUT2D eigenvalue weighted by molar-refractivity contribution is -0.136. The molecule has 0 spiro atoms. The van der Waals surface area contributed by atoms with E-state index in [1.807, 2.05) is 61.5 Å². The first-order chi connectivity index (χ1) is 14.9. The first kappa shape index (κ1) is 20.8. The molecule has 1 atom stereocenters. The molecule has 4 rings (SSSR count). The first-order valence-electron chi connectivity index (χ1n) is 9.74. The number of aromatic nitrogens is 1. The van der Waals surface area contributed by atoms with E-state index >= 15 is 0 Å². The Morgan fingerprint density at radius 1 is 1.06 bits per heavy atom. The molecule has 0 unspecified atom stereocenters. The van der Waals surface area contributed by atoms with Crippen LogP contribution in [0.4, 0.5) is 0 Å². The van der Waals surface area contributed by atoms with Gasteiger partial charge in [-0.1, -0.05) is 53.3 Å². The summed E-state index contributed by atoms with van der Waals surface area (Å²) in [6.07, 6.45) is 1.85. The van der Waals surface area contributed by atoms with Crippen LogP contribution in [0.25, 0.3) is 6.08 Å². The average Bonchev–Trinajstić information content (AvgIpc) is 3.08. The lowest BCUT2D eigenvalue weighted by Gasteiger charge is -2.24. The maximum atomic E-state index is 13.4. The Morgan fingerprint density at radius 2 is 1.74 bits per heavy atom. The number of rotatable bonds is 4. The van der Waals surface area contributed by atoms with Gasteiger partial charge in [0, 0.05) is 0 Å². The molecule has 0 saturated carbocycles. The highest BCUT2D eigenvalue weighted by atomic mass is 32.1. The average molecular weight is 435 g/mol. The van der Waals surface area contributed by atoms with Crippen molar-refractivity contribution in [2.24, 2.45) is 4.99 Å².